The van der Waals surface area contributed by atoms with Gasteiger partial charge in [0.2, 0.25) is 0 Å². The first-order valence-corrected chi connectivity index (χ1v) is 6.02. The molecule has 2 aromatic rings. The minimum atomic E-state index is -0.230. The number of halogens is 1. The first-order chi connectivity index (χ1) is 8.58. The Labute approximate surface area is 107 Å². The number of ether oxygens (including phenoxy) is 1. The number of hydrogen-bond acceptors (Lipinski definition) is 1. The van der Waals surface area contributed by atoms with Crippen molar-refractivity contribution in [3.05, 3.63) is 64.5 Å². The normalized spacial score (nSPS) is 10.4. The SMILES string of the molecule is Cc1cc(F)ccc1OCc1c(C)cccc1C. The van der Waals surface area contributed by atoms with E-state index in [2.05, 4.69) is 26.0 Å². The second-order valence-electron chi connectivity index (χ2n) is 4.57. The van der Waals surface area contributed by atoms with Crippen LogP contribution < -0.4 is 4.74 Å². The van der Waals surface area contributed by atoms with Crippen LogP contribution >= 0.6 is 0 Å². The van der Waals surface area contributed by atoms with Gasteiger partial charge in [-0.05, 0) is 61.2 Å². The van der Waals surface area contributed by atoms with Crippen molar-refractivity contribution < 1.29 is 9.13 Å². The second-order valence-corrected chi connectivity index (χ2v) is 4.57. The van der Waals surface area contributed by atoms with Gasteiger partial charge in [-0.2, -0.15) is 0 Å². The molecule has 0 N–H and O–H groups in total. The van der Waals surface area contributed by atoms with Crippen LogP contribution in [-0.2, 0) is 6.61 Å². The van der Waals surface area contributed by atoms with Crippen molar-refractivity contribution in [2.24, 2.45) is 0 Å². The van der Waals surface area contributed by atoms with E-state index >= 15 is 0 Å². The molecule has 0 aliphatic rings. The van der Waals surface area contributed by atoms with Crippen LogP contribution in [0.5, 0.6) is 5.75 Å². The van der Waals surface area contributed by atoms with E-state index in [0.717, 1.165) is 11.3 Å². The molecule has 0 heterocycles. The van der Waals surface area contributed by atoms with Crippen LogP contribution in [0.3, 0.4) is 0 Å². The maximum Gasteiger partial charge on any atom is 0.123 e. The Bertz CT molecular complexity index is 541. The molecule has 0 saturated heterocycles. The van der Waals surface area contributed by atoms with Crippen LogP contribution in [0.25, 0.3) is 0 Å². The predicted octanol–water partition coefficient (Wildman–Crippen LogP) is 4.33. The molecule has 0 bridgehead atoms. The molecule has 0 unspecified atom stereocenters. The van der Waals surface area contributed by atoms with Crippen molar-refractivity contribution in [3.8, 4) is 5.75 Å². The van der Waals surface area contributed by atoms with Crippen molar-refractivity contribution >= 4 is 0 Å². The second kappa shape index (κ2) is 5.21. The summed E-state index contributed by atoms with van der Waals surface area (Å²) in [5.74, 6) is 0.506. The molecule has 0 atom stereocenters. The fourth-order valence-corrected chi connectivity index (χ4v) is 2.00. The molecule has 94 valence electrons. The van der Waals surface area contributed by atoms with Gasteiger partial charge >= 0.3 is 0 Å². The van der Waals surface area contributed by atoms with E-state index < -0.39 is 0 Å². The van der Waals surface area contributed by atoms with Crippen LogP contribution in [0.4, 0.5) is 4.39 Å². The summed E-state index contributed by atoms with van der Waals surface area (Å²) in [6.45, 7) is 6.51. The van der Waals surface area contributed by atoms with E-state index in [1.54, 1.807) is 6.07 Å². The average molecular weight is 244 g/mol. The van der Waals surface area contributed by atoms with E-state index in [1.165, 1.54) is 28.8 Å². The van der Waals surface area contributed by atoms with E-state index in [9.17, 15) is 4.39 Å². The molecule has 0 aliphatic carbocycles. The largest absolute Gasteiger partial charge is 0.489 e. The third kappa shape index (κ3) is 2.70. The van der Waals surface area contributed by atoms with Crippen LogP contribution in [0.15, 0.2) is 36.4 Å². The van der Waals surface area contributed by atoms with Gasteiger partial charge in [0, 0.05) is 0 Å². The smallest absolute Gasteiger partial charge is 0.123 e. The molecule has 2 heteroatoms. The summed E-state index contributed by atoms with van der Waals surface area (Å²) in [5, 5.41) is 0. The Balaban J connectivity index is 2.16. The first-order valence-electron chi connectivity index (χ1n) is 6.02. The Morgan fingerprint density at radius 2 is 1.61 bits per heavy atom. The van der Waals surface area contributed by atoms with E-state index in [1.807, 2.05) is 13.0 Å². The van der Waals surface area contributed by atoms with E-state index in [4.69, 9.17) is 4.74 Å². The molecule has 2 rings (SSSR count). The predicted molar refractivity (Wildman–Crippen MR) is 71.4 cm³/mol. The lowest BCUT2D eigenvalue weighted by atomic mass is 10.0. The molecule has 0 aromatic heterocycles. The van der Waals surface area contributed by atoms with Gasteiger partial charge in [-0.15, -0.1) is 0 Å². The molecule has 0 saturated carbocycles. The molecule has 2 aromatic carbocycles. The fourth-order valence-electron chi connectivity index (χ4n) is 2.00. The lowest BCUT2D eigenvalue weighted by molar-refractivity contribution is 0.302. The maximum absolute atomic E-state index is 13.0. The van der Waals surface area contributed by atoms with Gasteiger partial charge in [-0.1, -0.05) is 18.2 Å². The topological polar surface area (TPSA) is 9.23 Å². The summed E-state index contributed by atoms with van der Waals surface area (Å²) in [7, 11) is 0. The Morgan fingerprint density at radius 1 is 0.944 bits per heavy atom. The summed E-state index contributed by atoms with van der Waals surface area (Å²) >= 11 is 0. The highest BCUT2D eigenvalue weighted by Gasteiger charge is 2.05. The molecule has 1 nitrogen and oxygen atoms in total. The lowest BCUT2D eigenvalue weighted by Gasteiger charge is -2.13. The van der Waals surface area contributed by atoms with Gasteiger partial charge in [0.05, 0.1) is 0 Å². The van der Waals surface area contributed by atoms with Crippen LogP contribution in [0.1, 0.15) is 22.3 Å². The number of hydrogen-bond donors (Lipinski definition) is 0. The fraction of sp³-hybridized carbons (Fsp3) is 0.250. The summed E-state index contributed by atoms with van der Waals surface area (Å²) in [6.07, 6.45) is 0. The Hall–Kier alpha value is -1.83. The van der Waals surface area contributed by atoms with Gasteiger partial charge in [-0.3, -0.25) is 0 Å². The molecule has 0 amide bonds. The number of aryl methyl sites for hydroxylation is 3. The molecule has 0 aliphatic heterocycles. The van der Waals surface area contributed by atoms with E-state index in [0.29, 0.717) is 6.61 Å². The van der Waals surface area contributed by atoms with Crippen molar-refractivity contribution in [1.29, 1.82) is 0 Å². The average Bonchev–Trinajstić information content (AvgIpc) is 2.31. The van der Waals surface area contributed by atoms with Gasteiger partial charge in [0.15, 0.2) is 0 Å². The van der Waals surface area contributed by atoms with Crippen molar-refractivity contribution in [2.45, 2.75) is 27.4 Å². The van der Waals surface area contributed by atoms with Gasteiger partial charge < -0.3 is 4.74 Å². The summed E-state index contributed by atoms with van der Waals surface area (Å²) in [6, 6.07) is 10.8. The zero-order chi connectivity index (χ0) is 13.1. The van der Waals surface area contributed by atoms with Gasteiger partial charge in [-0.25, -0.2) is 4.39 Å². The zero-order valence-electron chi connectivity index (χ0n) is 11.0. The monoisotopic (exact) mass is 244 g/mol. The van der Waals surface area contributed by atoms with Crippen LogP contribution in [0, 0.1) is 26.6 Å². The number of rotatable bonds is 3. The molecule has 0 radical (unpaired) electrons. The van der Waals surface area contributed by atoms with Crippen LogP contribution in [0.2, 0.25) is 0 Å². The first kappa shape index (κ1) is 12.6. The Morgan fingerprint density at radius 3 is 2.22 bits per heavy atom. The molecular weight excluding hydrogens is 227 g/mol. The summed E-state index contributed by atoms with van der Waals surface area (Å²) in [4.78, 5) is 0. The highest BCUT2D eigenvalue weighted by Crippen LogP contribution is 2.21. The van der Waals surface area contributed by atoms with Crippen LogP contribution in [-0.4, -0.2) is 0 Å². The highest BCUT2D eigenvalue weighted by molar-refractivity contribution is 5.35. The molecule has 0 spiro atoms. The molecular formula is C16H17FO. The molecule has 18 heavy (non-hydrogen) atoms. The summed E-state index contributed by atoms with van der Waals surface area (Å²) < 4.78 is 18.8. The van der Waals surface area contributed by atoms with E-state index in [-0.39, 0.29) is 5.82 Å². The van der Waals surface area contributed by atoms with Crippen molar-refractivity contribution in [1.82, 2.24) is 0 Å². The minimum Gasteiger partial charge on any atom is -0.489 e. The third-order valence-corrected chi connectivity index (χ3v) is 3.15. The molecule has 0 fully saturated rings. The highest BCUT2D eigenvalue weighted by atomic mass is 19.1. The van der Waals surface area contributed by atoms with Gasteiger partial charge in [0.25, 0.3) is 0 Å². The zero-order valence-corrected chi connectivity index (χ0v) is 11.0. The van der Waals surface area contributed by atoms with Crippen molar-refractivity contribution in [2.75, 3.05) is 0 Å². The standard InChI is InChI=1S/C16H17FO/c1-11-5-4-6-12(2)15(11)10-18-16-8-7-14(17)9-13(16)3/h4-9H,10H2,1-3H3. The minimum absolute atomic E-state index is 0.230. The summed E-state index contributed by atoms with van der Waals surface area (Å²) in [5.41, 5.74) is 4.45. The number of benzene rings is 2. The quantitative estimate of drug-likeness (QED) is 0.780. The van der Waals surface area contributed by atoms with Gasteiger partial charge in [0.1, 0.15) is 18.2 Å². The maximum atomic E-state index is 13.0. The third-order valence-electron chi connectivity index (χ3n) is 3.15. The Kier molecular flexibility index (Phi) is 3.66. The lowest BCUT2D eigenvalue weighted by Crippen LogP contribution is -2.01. The van der Waals surface area contributed by atoms with Crippen molar-refractivity contribution in [3.63, 3.8) is 0 Å².